The Morgan fingerprint density at radius 3 is 2.46 bits per heavy atom. The van der Waals surface area contributed by atoms with Crippen molar-refractivity contribution < 1.29 is 19.1 Å². The van der Waals surface area contributed by atoms with E-state index in [4.69, 9.17) is 4.74 Å². The Morgan fingerprint density at radius 2 is 1.82 bits per heavy atom. The van der Waals surface area contributed by atoms with Crippen molar-refractivity contribution in [3.63, 3.8) is 0 Å². The number of carbonyl (C=O) groups is 3. The molecule has 0 radical (unpaired) electrons. The molecular weight excluding hydrogens is 358 g/mol. The second-order valence-electron chi connectivity index (χ2n) is 7.68. The summed E-state index contributed by atoms with van der Waals surface area (Å²) in [7, 11) is 1.59. The Labute approximate surface area is 165 Å². The third kappa shape index (κ3) is 4.82. The van der Waals surface area contributed by atoms with Crippen LogP contribution in [-0.4, -0.2) is 43.5 Å². The fraction of sp³-hybridized carbons (Fsp3) is 0.571. The first-order chi connectivity index (χ1) is 13.5. The van der Waals surface area contributed by atoms with Gasteiger partial charge >= 0.3 is 0 Å². The van der Waals surface area contributed by atoms with Gasteiger partial charge in [-0.25, -0.2) is 0 Å². The molecule has 2 N–H and O–H groups in total. The summed E-state index contributed by atoms with van der Waals surface area (Å²) >= 11 is 0. The van der Waals surface area contributed by atoms with Gasteiger partial charge in [-0.3, -0.25) is 14.4 Å². The Bertz CT molecular complexity index is 713. The summed E-state index contributed by atoms with van der Waals surface area (Å²) < 4.78 is 5.13. The molecule has 7 heteroatoms. The molecule has 1 aliphatic heterocycles. The molecule has 1 saturated carbocycles. The van der Waals surface area contributed by atoms with E-state index in [1.54, 1.807) is 43.2 Å². The van der Waals surface area contributed by atoms with Crippen molar-refractivity contribution in [2.75, 3.05) is 18.6 Å². The summed E-state index contributed by atoms with van der Waals surface area (Å²) in [6.07, 6.45) is 5.64. The standard InChI is InChI=1S/C21H29N3O4/c1-14(20(26)23-16-6-4-3-5-7-16)22-21(27)15-12-19(25)24(13-15)17-8-10-18(28-2)11-9-17/h8-11,14-16H,3-7,12-13H2,1-2H3,(H,22,27)(H,23,26)/t14-,15+/m0/s1. The molecule has 3 amide bonds. The van der Waals surface area contributed by atoms with Crippen molar-refractivity contribution in [3.05, 3.63) is 24.3 Å². The summed E-state index contributed by atoms with van der Waals surface area (Å²) in [6, 6.07) is 6.77. The van der Waals surface area contributed by atoms with Crippen LogP contribution in [0, 0.1) is 5.92 Å². The number of methoxy groups -OCH3 is 1. The largest absolute Gasteiger partial charge is 0.497 e. The molecule has 0 unspecified atom stereocenters. The van der Waals surface area contributed by atoms with Gasteiger partial charge in [0.2, 0.25) is 17.7 Å². The van der Waals surface area contributed by atoms with Crippen LogP contribution >= 0.6 is 0 Å². The Hall–Kier alpha value is -2.57. The average Bonchev–Trinajstić information content (AvgIpc) is 3.10. The third-order valence-corrected chi connectivity index (χ3v) is 5.58. The predicted octanol–water partition coefficient (Wildman–Crippen LogP) is 2.00. The number of hydrogen-bond donors (Lipinski definition) is 2. The van der Waals surface area contributed by atoms with Gasteiger partial charge in [0.25, 0.3) is 0 Å². The molecule has 152 valence electrons. The molecule has 7 nitrogen and oxygen atoms in total. The van der Waals surface area contributed by atoms with Gasteiger partial charge < -0.3 is 20.3 Å². The summed E-state index contributed by atoms with van der Waals surface area (Å²) in [5, 5.41) is 5.80. The zero-order valence-electron chi connectivity index (χ0n) is 16.6. The lowest BCUT2D eigenvalue weighted by Gasteiger charge is -2.25. The normalized spacial score (nSPS) is 21.3. The molecule has 1 aliphatic carbocycles. The van der Waals surface area contributed by atoms with Crippen molar-refractivity contribution in [3.8, 4) is 5.75 Å². The molecular formula is C21H29N3O4. The van der Waals surface area contributed by atoms with Crippen LogP contribution in [-0.2, 0) is 14.4 Å². The molecule has 0 bridgehead atoms. The highest BCUT2D eigenvalue weighted by Gasteiger charge is 2.36. The van der Waals surface area contributed by atoms with Crippen LogP contribution in [0.25, 0.3) is 0 Å². The molecule has 1 heterocycles. The minimum Gasteiger partial charge on any atom is -0.497 e. The predicted molar refractivity (Wildman–Crippen MR) is 106 cm³/mol. The SMILES string of the molecule is COc1ccc(N2C[C@H](C(=O)N[C@@H](C)C(=O)NC3CCCCC3)CC2=O)cc1. The first-order valence-corrected chi connectivity index (χ1v) is 10.0. The molecule has 3 rings (SSSR count). The second kappa shape index (κ2) is 9.08. The summed E-state index contributed by atoms with van der Waals surface area (Å²) in [6.45, 7) is 2.00. The van der Waals surface area contributed by atoms with Gasteiger partial charge in [0.05, 0.1) is 13.0 Å². The van der Waals surface area contributed by atoms with Crippen LogP contribution in [0.4, 0.5) is 5.69 Å². The molecule has 1 aromatic carbocycles. The van der Waals surface area contributed by atoms with E-state index >= 15 is 0 Å². The van der Waals surface area contributed by atoms with E-state index in [9.17, 15) is 14.4 Å². The van der Waals surface area contributed by atoms with Gasteiger partial charge in [-0.1, -0.05) is 19.3 Å². The van der Waals surface area contributed by atoms with Crippen LogP contribution in [0.2, 0.25) is 0 Å². The lowest BCUT2D eigenvalue weighted by Crippen LogP contribution is -2.50. The fourth-order valence-electron chi connectivity index (χ4n) is 3.86. The van der Waals surface area contributed by atoms with Crippen LogP contribution in [0.5, 0.6) is 5.75 Å². The van der Waals surface area contributed by atoms with E-state index in [0.717, 1.165) is 31.4 Å². The van der Waals surface area contributed by atoms with E-state index < -0.39 is 12.0 Å². The van der Waals surface area contributed by atoms with Crippen molar-refractivity contribution >= 4 is 23.4 Å². The number of carbonyl (C=O) groups excluding carboxylic acids is 3. The minimum absolute atomic E-state index is 0.0929. The number of benzene rings is 1. The van der Waals surface area contributed by atoms with Gasteiger partial charge in [-0.15, -0.1) is 0 Å². The number of nitrogens with one attached hydrogen (secondary N) is 2. The number of ether oxygens (including phenoxy) is 1. The molecule has 0 aromatic heterocycles. The molecule has 0 spiro atoms. The quantitative estimate of drug-likeness (QED) is 0.782. The summed E-state index contributed by atoms with van der Waals surface area (Å²) in [5.74, 6) is -0.251. The molecule has 2 fully saturated rings. The molecule has 1 saturated heterocycles. The minimum atomic E-state index is -0.612. The lowest BCUT2D eigenvalue weighted by atomic mass is 9.95. The smallest absolute Gasteiger partial charge is 0.242 e. The van der Waals surface area contributed by atoms with E-state index in [1.807, 2.05) is 0 Å². The number of amides is 3. The van der Waals surface area contributed by atoms with Crippen LogP contribution in [0.15, 0.2) is 24.3 Å². The van der Waals surface area contributed by atoms with E-state index in [0.29, 0.717) is 12.3 Å². The maximum absolute atomic E-state index is 12.6. The van der Waals surface area contributed by atoms with Gasteiger partial charge in [0.15, 0.2) is 0 Å². The first-order valence-electron chi connectivity index (χ1n) is 10.0. The molecule has 2 aliphatic rings. The lowest BCUT2D eigenvalue weighted by molar-refractivity contribution is -0.131. The monoisotopic (exact) mass is 387 g/mol. The van der Waals surface area contributed by atoms with Crippen LogP contribution in [0.3, 0.4) is 0 Å². The van der Waals surface area contributed by atoms with Crippen LogP contribution < -0.4 is 20.3 Å². The summed E-state index contributed by atoms with van der Waals surface area (Å²) in [4.78, 5) is 38.9. The van der Waals surface area contributed by atoms with E-state index in [1.165, 1.54) is 6.42 Å². The third-order valence-electron chi connectivity index (χ3n) is 5.58. The van der Waals surface area contributed by atoms with Gasteiger partial charge in [-0.05, 0) is 44.0 Å². The fourth-order valence-corrected chi connectivity index (χ4v) is 3.86. The Morgan fingerprint density at radius 1 is 1.14 bits per heavy atom. The molecule has 28 heavy (non-hydrogen) atoms. The summed E-state index contributed by atoms with van der Waals surface area (Å²) in [5.41, 5.74) is 0.740. The van der Waals surface area contributed by atoms with Crippen molar-refractivity contribution in [2.45, 2.75) is 57.5 Å². The van der Waals surface area contributed by atoms with Gasteiger partial charge in [0.1, 0.15) is 11.8 Å². The number of rotatable bonds is 6. The molecule has 2 atom stereocenters. The number of anilines is 1. The number of hydrogen-bond acceptors (Lipinski definition) is 4. The average molecular weight is 387 g/mol. The highest BCUT2D eigenvalue weighted by Crippen LogP contribution is 2.27. The number of nitrogens with zero attached hydrogens (tertiary/aromatic N) is 1. The van der Waals surface area contributed by atoms with Gasteiger partial charge in [0, 0.05) is 24.7 Å². The first kappa shape index (κ1) is 20.2. The highest BCUT2D eigenvalue weighted by atomic mass is 16.5. The van der Waals surface area contributed by atoms with Crippen molar-refractivity contribution in [1.82, 2.24) is 10.6 Å². The van der Waals surface area contributed by atoms with Crippen LogP contribution in [0.1, 0.15) is 45.4 Å². The van der Waals surface area contributed by atoms with Gasteiger partial charge in [-0.2, -0.15) is 0 Å². The maximum atomic E-state index is 12.6. The van der Waals surface area contributed by atoms with E-state index in [2.05, 4.69) is 10.6 Å². The topological polar surface area (TPSA) is 87.7 Å². The Balaban J connectivity index is 1.52. The highest BCUT2D eigenvalue weighted by molar-refractivity contribution is 6.01. The van der Waals surface area contributed by atoms with Crippen molar-refractivity contribution in [1.29, 1.82) is 0 Å². The van der Waals surface area contributed by atoms with E-state index in [-0.39, 0.29) is 30.2 Å². The Kier molecular flexibility index (Phi) is 6.54. The molecule has 1 aromatic rings. The zero-order chi connectivity index (χ0) is 20.1. The van der Waals surface area contributed by atoms with Crippen molar-refractivity contribution in [2.24, 2.45) is 5.92 Å². The zero-order valence-corrected chi connectivity index (χ0v) is 16.6. The maximum Gasteiger partial charge on any atom is 0.242 e. The second-order valence-corrected chi connectivity index (χ2v) is 7.68.